The molecule has 0 saturated carbocycles. The average Bonchev–Trinajstić information content (AvgIpc) is 2.90. The molecule has 0 spiro atoms. The zero-order valence-corrected chi connectivity index (χ0v) is 20.7. The lowest BCUT2D eigenvalue weighted by atomic mass is 10.2. The molecule has 3 amide bonds. The van der Waals surface area contributed by atoms with Crippen molar-refractivity contribution in [2.75, 3.05) is 31.0 Å². The van der Waals surface area contributed by atoms with E-state index in [1.54, 1.807) is 54.6 Å². The zero-order chi connectivity index (χ0) is 26.6. The van der Waals surface area contributed by atoms with Gasteiger partial charge in [-0.1, -0.05) is 17.7 Å². The molecule has 37 heavy (non-hydrogen) atoms. The summed E-state index contributed by atoms with van der Waals surface area (Å²) in [4.78, 5) is 36.2. The number of hydrogen-bond acceptors (Lipinski definition) is 7. The van der Waals surface area contributed by atoms with Crippen LogP contribution in [0.15, 0.2) is 71.8 Å². The van der Waals surface area contributed by atoms with Crippen molar-refractivity contribution in [1.82, 2.24) is 5.43 Å². The second-order valence-electron chi connectivity index (χ2n) is 7.72. The Kier molecular flexibility index (Phi) is 9.60. The molecule has 192 valence electrons. The molecule has 3 aromatic carbocycles. The Balaban J connectivity index is 1.50. The summed E-state index contributed by atoms with van der Waals surface area (Å²) in [5.41, 5.74) is 4.90. The van der Waals surface area contributed by atoms with Gasteiger partial charge >= 0.3 is 11.8 Å². The molecular weight excluding hydrogens is 476 g/mol. The molecule has 0 heterocycles. The minimum absolute atomic E-state index is 0.233. The lowest BCUT2D eigenvalue weighted by molar-refractivity contribution is -0.136. The van der Waals surface area contributed by atoms with Crippen LogP contribution in [0.1, 0.15) is 18.1 Å². The summed E-state index contributed by atoms with van der Waals surface area (Å²) in [5, 5.41) is 9.04. The van der Waals surface area contributed by atoms with Crippen molar-refractivity contribution >= 4 is 35.3 Å². The second-order valence-corrected chi connectivity index (χ2v) is 7.72. The number of benzene rings is 3. The number of hydrazone groups is 1. The van der Waals surface area contributed by atoms with Gasteiger partial charge in [-0.05, 0) is 74.0 Å². The standard InChI is InChI=1S/C27H28N4O6/c1-4-36-22-12-10-20(11-13-22)29-25(32)17-37-23-14-7-19(15-24(23)35-3)16-28-31-27(34)26(33)30-21-8-5-18(2)6-9-21/h5-16H,4,17H2,1-3H3,(H,29,32)(H,30,33)(H,31,34)/b28-16-. The van der Waals surface area contributed by atoms with Crippen LogP contribution in [0.2, 0.25) is 0 Å². The lowest BCUT2D eigenvalue weighted by Crippen LogP contribution is -2.32. The number of methoxy groups -OCH3 is 1. The van der Waals surface area contributed by atoms with E-state index in [0.29, 0.717) is 35.0 Å². The van der Waals surface area contributed by atoms with E-state index in [1.807, 2.05) is 26.0 Å². The van der Waals surface area contributed by atoms with E-state index in [1.165, 1.54) is 13.3 Å². The normalized spacial score (nSPS) is 10.5. The van der Waals surface area contributed by atoms with E-state index >= 15 is 0 Å². The Labute approximate surface area is 214 Å². The van der Waals surface area contributed by atoms with Gasteiger partial charge in [0, 0.05) is 11.4 Å². The Morgan fingerprint density at radius 1 is 0.838 bits per heavy atom. The summed E-state index contributed by atoms with van der Waals surface area (Å²) >= 11 is 0. The molecule has 0 aliphatic carbocycles. The number of rotatable bonds is 10. The van der Waals surface area contributed by atoms with Crippen molar-refractivity contribution in [3.8, 4) is 17.2 Å². The number of anilines is 2. The van der Waals surface area contributed by atoms with Gasteiger partial charge in [-0.3, -0.25) is 14.4 Å². The van der Waals surface area contributed by atoms with Crippen LogP contribution in [0.4, 0.5) is 11.4 Å². The van der Waals surface area contributed by atoms with Crippen LogP contribution in [-0.2, 0) is 14.4 Å². The molecule has 0 aliphatic heterocycles. The van der Waals surface area contributed by atoms with E-state index in [9.17, 15) is 14.4 Å². The van der Waals surface area contributed by atoms with Gasteiger partial charge in [0.05, 0.1) is 19.9 Å². The lowest BCUT2D eigenvalue weighted by Gasteiger charge is -2.12. The highest BCUT2D eigenvalue weighted by Gasteiger charge is 2.13. The fourth-order valence-corrected chi connectivity index (χ4v) is 3.07. The molecule has 10 nitrogen and oxygen atoms in total. The largest absolute Gasteiger partial charge is 0.494 e. The fraction of sp³-hybridized carbons (Fsp3) is 0.185. The maximum absolute atomic E-state index is 12.3. The van der Waals surface area contributed by atoms with Crippen LogP contribution in [0.5, 0.6) is 17.2 Å². The number of carbonyl (C=O) groups excluding carboxylic acids is 3. The number of amides is 3. The van der Waals surface area contributed by atoms with Gasteiger partial charge in [-0.25, -0.2) is 5.43 Å². The molecular formula is C27H28N4O6. The van der Waals surface area contributed by atoms with Gasteiger partial charge in [-0.15, -0.1) is 0 Å². The first-order chi connectivity index (χ1) is 17.9. The second kappa shape index (κ2) is 13.3. The highest BCUT2D eigenvalue weighted by atomic mass is 16.5. The third-order valence-corrected chi connectivity index (χ3v) is 4.89. The molecule has 3 N–H and O–H groups in total. The summed E-state index contributed by atoms with van der Waals surface area (Å²) in [6, 6.07) is 18.9. The number of hydrogen-bond donors (Lipinski definition) is 3. The molecule has 0 radical (unpaired) electrons. The Morgan fingerprint density at radius 3 is 2.19 bits per heavy atom. The van der Waals surface area contributed by atoms with Crippen LogP contribution in [0.25, 0.3) is 0 Å². The third kappa shape index (κ3) is 8.39. The topological polar surface area (TPSA) is 127 Å². The van der Waals surface area contributed by atoms with Gasteiger partial charge in [-0.2, -0.15) is 5.10 Å². The maximum Gasteiger partial charge on any atom is 0.329 e. The van der Waals surface area contributed by atoms with Gasteiger partial charge in [0.2, 0.25) is 0 Å². The van der Waals surface area contributed by atoms with Crippen LogP contribution >= 0.6 is 0 Å². The van der Waals surface area contributed by atoms with Crippen molar-refractivity contribution in [2.45, 2.75) is 13.8 Å². The molecule has 0 aromatic heterocycles. The summed E-state index contributed by atoms with van der Waals surface area (Å²) in [5.74, 6) is -0.670. The molecule has 0 saturated heterocycles. The number of aryl methyl sites for hydroxylation is 1. The number of ether oxygens (including phenoxy) is 3. The quantitative estimate of drug-likeness (QED) is 0.220. The van der Waals surface area contributed by atoms with Crippen LogP contribution in [-0.4, -0.2) is 44.3 Å². The molecule has 3 rings (SSSR count). The van der Waals surface area contributed by atoms with Gasteiger partial charge in [0.15, 0.2) is 18.1 Å². The average molecular weight is 505 g/mol. The zero-order valence-electron chi connectivity index (χ0n) is 20.7. The van der Waals surface area contributed by atoms with Crippen molar-refractivity contribution in [2.24, 2.45) is 5.10 Å². The summed E-state index contributed by atoms with van der Waals surface area (Å²) in [7, 11) is 1.46. The maximum atomic E-state index is 12.3. The summed E-state index contributed by atoms with van der Waals surface area (Å²) in [6.45, 7) is 4.14. The summed E-state index contributed by atoms with van der Waals surface area (Å²) < 4.78 is 16.3. The Bertz CT molecular complexity index is 1260. The highest BCUT2D eigenvalue weighted by molar-refractivity contribution is 6.39. The predicted molar refractivity (Wildman–Crippen MR) is 140 cm³/mol. The monoisotopic (exact) mass is 504 g/mol. The van der Waals surface area contributed by atoms with Crippen molar-refractivity contribution in [3.05, 3.63) is 77.9 Å². The van der Waals surface area contributed by atoms with Crippen LogP contribution < -0.4 is 30.3 Å². The van der Waals surface area contributed by atoms with E-state index in [2.05, 4.69) is 21.2 Å². The van der Waals surface area contributed by atoms with E-state index < -0.39 is 11.8 Å². The highest BCUT2D eigenvalue weighted by Crippen LogP contribution is 2.27. The van der Waals surface area contributed by atoms with Gasteiger partial charge < -0.3 is 24.8 Å². The van der Waals surface area contributed by atoms with Crippen molar-refractivity contribution < 1.29 is 28.6 Å². The Morgan fingerprint density at radius 2 is 1.51 bits per heavy atom. The third-order valence-electron chi connectivity index (χ3n) is 4.89. The molecule has 10 heteroatoms. The SMILES string of the molecule is CCOc1ccc(NC(=O)COc2ccc(/C=N\NC(=O)C(=O)Nc3ccc(C)cc3)cc2OC)cc1. The molecule has 0 aliphatic rings. The van der Waals surface area contributed by atoms with Crippen LogP contribution in [0, 0.1) is 6.92 Å². The predicted octanol–water partition coefficient (Wildman–Crippen LogP) is 3.51. The van der Waals surface area contributed by atoms with Gasteiger partial charge in [0.1, 0.15) is 5.75 Å². The minimum Gasteiger partial charge on any atom is -0.494 e. The molecule has 0 fully saturated rings. The first kappa shape index (κ1) is 26.7. The van der Waals surface area contributed by atoms with E-state index in [0.717, 1.165) is 11.3 Å². The van der Waals surface area contributed by atoms with Crippen molar-refractivity contribution in [1.29, 1.82) is 0 Å². The van der Waals surface area contributed by atoms with E-state index in [-0.39, 0.29) is 12.5 Å². The Hall–Kier alpha value is -4.86. The summed E-state index contributed by atoms with van der Waals surface area (Å²) in [6.07, 6.45) is 1.35. The fourth-order valence-electron chi connectivity index (χ4n) is 3.07. The molecule has 0 bridgehead atoms. The molecule has 0 atom stereocenters. The first-order valence-corrected chi connectivity index (χ1v) is 11.4. The van der Waals surface area contributed by atoms with Gasteiger partial charge in [0.25, 0.3) is 5.91 Å². The van der Waals surface area contributed by atoms with E-state index in [4.69, 9.17) is 14.2 Å². The molecule has 3 aromatic rings. The minimum atomic E-state index is -0.915. The number of nitrogens with one attached hydrogen (secondary N) is 3. The first-order valence-electron chi connectivity index (χ1n) is 11.4. The van der Waals surface area contributed by atoms with Crippen LogP contribution in [0.3, 0.4) is 0 Å². The molecule has 0 unspecified atom stereocenters. The smallest absolute Gasteiger partial charge is 0.329 e. The number of carbonyl (C=O) groups is 3. The van der Waals surface area contributed by atoms with Crippen molar-refractivity contribution in [3.63, 3.8) is 0 Å². The number of nitrogens with zero attached hydrogens (tertiary/aromatic N) is 1.